The first-order chi connectivity index (χ1) is 6.73. The van der Waals surface area contributed by atoms with Crippen LogP contribution in [-0.4, -0.2) is 13.0 Å². The molecule has 1 N–H and O–H groups in total. The smallest absolute Gasteiger partial charge is 0.201 e. The summed E-state index contributed by atoms with van der Waals surface area (Å²) < 4.78 is -0.0722. The normalized spacial score (nSPS) is 11.5. The number of halogens is 5. The molecule has 0 radical (unpaired) electrons. The van der Waals surface area contributed by atoms with Gasteiger partial charge in [0.25, 0.3) is 0 Å². The standard InChI is InChI=1S/C8H3Br5O2/c9-4-1-3(2-5(10)6(4)14)7(15)8(11,12)13/h1-2,14H. The Bertz CT molecular complexity index is 387. The van der Waals surface area contributed by atoms with Crippen LogP contribution in [0.25, 0.3) is 0 Å². The Morgan fingerprint density at radius 2 is 1.53 bits per heavy atom. The highest BCUT2D eigenvalue weighted by Gasteiger charge is 2.30. The second-order valence-corrected chi connectivity index (χ2v) is 11.1. The summed E-state index contributed by atoms with van der Waals surface area (Å²) in [6.45, 7) is 0. The van der Waals surface area contributed by atoms with Crippen LogP contribution >= 0.6 is 79.6 Å². The van der Waals surface area contributed by atoms with Gasteiger partial charge in [-0.1, -0.05) is 47.8 Å². The van der Waals surface area contributed by atoms with Crippen LogP contribution < -0.4 is 0 Å². The highest BCUT2D eigenvalue weighted by atomic mass is 80.0. The fourth-order valence-electron chi connectivity index (χ4n) is 0.860. The molecule has 7 heteroatoms. The average molecular weight is 531 g/mol. The van der Waals surface area contributed by atoms with Crippen LogP contribution in [0.15, 0.2) is 21.1 Å². The zero-order chi connectivity index (χ0) is 11.8. The van der Waals surface area contributed by atoms with Gasteiger partial charge < -0.3 is 5.11 Å². The van der Waals surface area contributed by atoms with Gasteiger partial charge in [0.1, 0.15) is 5.75 Å². The first kappa shape index (κ1) is 14.2. The molecule has 1 aromatic carbocycles. The quantitative estimate of drug-likeness (QED) is 0.413. The van der Waals surface area contributed by atoms with Crippen molar-refractivity contribution in [2.75, 3.05) is 0 Å². The number of phenols is 1. The minimum atomic E-state index is -0.983. The molecule has 0 heterocycles. The van der Waals surface area contributed by atoms with Crippen LogP contribution in [0.5, 0.6) is 5.75 Å². The van der Waals surface area contributed by atoms with Gasteiger partial charge in [0.2, 0.25) is 5.78 Å². The first-order valence-corrected chi connectivity index (χ1v) is 7.49. The second kappa shape index (κ2) is 5.16. The van der Waals surface area contributed by atoms with Crippen molar-refractivity contribution in [1.29, 1.82) is 0 Å². The Kier molecular flexibility index (Phi) is 4.87. The summed E-state index contributed by atoms with van der Waals surface area (Å²) in [5, 5.41) is 9.48. The topological polar surface area (TPSA) is 37.3 Å². The summed E-state index contributed by atoms with van der Waals surface area (Å²) in [7, 11) is 0. The summed E-state index contributed by atoms with van der Waals surface area (Å²) in [6.07, 6.45) is 0. The SMILES string of the molecule is O=C(c1cc(Br)c(O)c(Br)c1)C(Br)(Br)Br. The Hall–Kier alpha value is 1.09. The maximum atomic E-state index is 11.8. The zero-order valence-corrected chi connectivity index (χ0v) is 14.8. The molecule has 82 valence electrons. The predicted molar refractivity (Wildman–Crippen MR) is 77.3 cm³/mol. The van der Waals surface area contributed by atoms with E-state index in [0.717, 1.165) is 0 Å². The van der Waals surface area contributed by atoms with Gasteiger partial charge >= 0.3 is 0 Å². The van der Waals surface area contributed by atoms with Crippen molar-refractivity contribution in [3.05, 3.63) is 26.6 Å². The lowest BCUT2D eigenvalue weighted by atomic mass is 10.1. The fourth-order valence-corrected chi connectivity index (χ4v) is 2.73. The van der Waals surface area contributed by atoms with Gasteiger partial charge in [0.15, 0.2) is 2.14 Å². The molecule has 1 rings (SSSR count). The van der Waals surface area contributed by atoms with Crippen LogP contribution in [0.4, 0.5) is 0 Å². The summed E-state index contributed by atoms with van der Waals surface area (Å²) >= 11 is 15.7. The largest absolute Gasteiger partial charge is 0.506 e. The minimum absolute atomic E-state index is 0.0656. The number of phenolic OH excluding ortho intramolecular Hbond substituents is 1. The first-order valence-electron chi connectivity index (χ1n) is 3.53. The molecular weight excluding hydrogens is 528 g/mol. The average Bonchev–Trinajstić information content (AvgIpc) is 2.10. The maximum Gasteiger partial charge on any atom is 0.201 e. The van der Waals surface area contributed by atoms with E-state index in [4.69, 9.17) is 0 Å². The number of hydrogen-bond acceptors (Lipinski definition) is 2. The number of benzene rings is 1. The molecule has 0 spiro atoms. The zero-order valence-electron chi connectivity index (χ0n) is 6.90. The number of carbonyl (C=O) groups excluding carboxylic acids is 1. The number of alkyl halides is 3. The lowest BCUT2D eigenvalue weighted by Crippen LogP contribution is -2.16. The van der Waals surface area contributed by atoms with E-state index in [-0.39, 0.29) is 11.5 Å². The molecule has 0 aliphatic rings. The summed E-state index contributed by atoms with van der Waals surface area (Å²) in [5.41, 5.74) is 0.442. The highest BCUT2D eigenvalue weighted by Crippen LogP contribution is 2.40. The van der Waals surface area contributed by atoms with Crippen molar-refractivity contribution < 1.29 is 9.90 Å². The van der Waals surface area contributed by atoms with Gasteiger partial charge in [0, 0.05) is 5.56 Å². The maximum absolute atomic E-state index is 11.8. The Balaban J connectivity index is 3.24. The molecule has 15 heavy (non-hydrogen) atoms. The monoisotopic (exact) mass is 526 g/mol. The molecule has 2 nitrogen and oxygen atoms in total. The van der Waals surface area contributed by atoms with E-state index in [1.807, 2.05) is 0 Å². The third kappa shape index (κ3) is 3.52. The van der Waals surface area contributed by atoms with E-state index >= 15 is 0 Å². The predicted octanol–water partition coefficient (Wildman–Crippen LogP) is 4.94. The van der Waals surface area contributed by atoms with Crippen LogP contribution in [0.3, 0.4) is 0 Å². The van der Waals surface area contributed by atoms with Gasteiger partial charge in [-0.15, -0.1) is 0 Å². The molecule has 0 fully saturated rings. The van der Waals surface area contributed by atoms with Crippen molar-refractivity contribution in [3.8, 4) is 5.75 Å². The van der Waals surface area contributed by atoms with Crippen molar-refractivity contribution >= 4 is 85.4 Å². The van der Waals surface area contributed by atoms with Crippen molar-refractivity contribution in [2.24, 2.45) is 0 Å². The molecule has 0 unspecified atom stereocenters. The van der Waals surface area contributed by atoms with Gasteiger partial charge in [-0.25, -0.2) is 0 Å². The number of Topliss-reactive ketones (excluding diaryl/α,β-unsaturated/α-hetero) is 1. The van der Waals surface area contributed by atoms with Crippen LogP contribution in [0, 0.1) is 0 Å². The molecule has 0 amide bonds. The molecule has 0 saturated heterocycles. The van der Waals surface area contributed by atoms with Crippen LogP contribution in [-0.2, 0) is 0 Å². The van der Waals surface area contributed by atoms with Crippen molar-refractivity contribution in [2.45, 2.75) is 2.14 Å². The lowest BCUT2D eigenvalue weighted by Gasteiger charge is -2.11. The summed E-state index contributed by atoms with van der Waals surface area (Å²) in [4.78, 5) is 11.8. The van der Waals surface area contributed by atoms with E-state index in [0.29, 0.717) is 14.5 Å². The second-order valence-electron chi connectivity index (χ2n) is 2.62. The summed E-state index contributed by atoms with van der Waals surface area (Å²) in [5.74, 6) is -0.139. The molecule has 0 aliphatic carbocycles. The number of carbonyl (C=O) groups is 1. The minimum Gasteiger partial charge on any atom is -0.506 e. The Labute approximate surface area is 128 Å². The Morgan fingerprint density at radius 3 is 1.87 bits per heavy atom. The van der Waals surface area contributed by atoms with E-state index < -0.39 is 2.14 Å². The fraction of sp³-hybridized carbons (Fsp3) is 0.125. The van der Waals surface area contributed by atoms with Gasteiger partial charge in [-0.3, -0.25) is 4.79 Å². The third-order valence-corrected chi connectivity index (χ3v) is 3.83. The highest BCUT2D eigenvalue weighted by molar-refractivity contribution is 9.40. The van der Waals surface area contributed by atoms with Gasteiger partial charge in [-0.05, 0) is 44.0 Å². The number of aromatic hydroxyl groups is 1. The van der Waals surface area contributed by atoms with E-state index in [1.165, 1.54) is 0 Å². The van der Waals surface area contributed by atoms with E-state index in [2.05, 4.69) is 79.6 Å². The summed E-state index contributed by atoms with van der Waals surface area (Å²) in [6, 6.07) is 3.09. The number of rotatable bonds is 1. The molecule has 0 bridgehead atoms. The molecule has 0 aliphatic heterocycles. The van der Waals surface area contributed by atoms with Gasteiger partial charge in [-0.2, -0.15) is 0 Å². The molecule has 0 aromatic heterocycles. The van der Waals surface area contributed by atoms with Crippen LogP contribution in [0.1, 0.15) is 10.4 Å². The van der Waals surface area contributed by atoms with Gasteiger partial charge in [0.05, 0.1) is 8.95 Å². The lowest BCUT2D eigenvalue weighted by molar-refractivity contribution is 0.101. The number of hydrogen-bond donors (Lipinski definition) is 1. The van der Waals surface area contributed by atoms with E-state index in [9.17, 15) is 9.90 Å². The van der Waals surface area contributed by atoms with Crippen molar-refractivity contribution in [3.63, 3.8) is 0 Å². The van der Waals surface area contributed by atoms with Crippen LogP contribution in [0.2, 0.25) is 0 Å². The number of ketones is 1. The molecule has 1 aromatic rings. The molecule has 0 saturated carbocycles. The van der Waals surface area contributed by atoms with Crippen molar-refractivity contribution in [1.82, 2.24) is 0 Å². The molecule has 0 atom stereocenters. The third-order valence-electron chi connectivity index (χ3n) is 1.54. The van der Waals surface area contributed by atoms with E-state index in [1.54, 1.807) is 12.1 Å². The Morgan fingerprint density at radius 1 is 1.13 bits per heavy atom. The molecular formula is C8H3Br5O2.